The van der Waals surface area contributed by atoms with Crippen LogP contribution in [0.3, 0.4) is 0 Å². The maximum Gasteiger partial charge on any atom is 0.143 e. The Balaban J connectivity index is 2.36. The third kappa shape index (κ3) is 3.70. The average Bonchev–Trinajstić information content (AvgIpc) is 2.48. The van der Waals surface area contributed by atoms with Crippen LogP contribution in [0.25, 0.3) is 0 Å². The number of hydrogen-bond acceptors (Lipinski definition) is 2. The van der Waals surface area contributed by atoms with Gasteiger partial charge in [0, 0.05) is 11.1 Å². The molecule has 0 aliphatic carbocycles. The number of aryl methyl sites for hydroxylation is 1. The predicted octanol–water partition coefficient (Wildman–Crippen LogP) is 5.47. The third-order valence-electron chi connectivity index (χ3n) is 3.62. The van der Waals surface area contributed by atoms with E-state index in [1.54, 1.807) is 7.11 Å². The SMILES string of the molecule is COc1cc(Cl)c(C)cc1NC(c1ccccc1)C(C)C. The summed E-state index contributed by atoms with van der Waals surface area (Å²) >= 11 is 6.17. The second kappa shape index (κ2) is 6.86. The van der Waals surface area contributed by atoms with Gasteiger partial charge in [0.1, 0.15) is 5.75 Å². The molecule has 2 rings (SSSR count). The minimum absolute atomic E-state index is 0.223. The van der Waals surface area contributed by atoms with Crippen molar-refractivity contribution in [3.63, 3.8) is 0 Å². The van der Waals surface area contributed by atoms with E-state index in [1.165, 1.54) is 5.56 Å². The van der Waals surface area contributed by atoms with Crippen LogP contribution in [-0.2, 0) is 0 Å². The number of rotatable bonds is 5. The fourth-order valence-electron chi connectivity index (χ4n) is 2.41. The maximum absolute atomic E-state index is 6.17. The molecule has 112 valence electrons. The quantitative estimate of drug-likeness (QED) is 0.791. The Bertz CT molecular complexity index is 596. The first kappa shape index (κ1) is 15.7. The van der Waals surface area contributed by atoms with Gasteiger partial charge in [-0.25, -0.2) is 0 Å². The minimum Gasteiger partial charge on any atom is -0.495 e. The molecule has 0 spiro atoms. The van der Waals surface area contributed by atoms with Crippen molar-refractivity contribution < 1.29 is 4.74 Å². The van der Waals surface area contributed by atoms with Crippen LogP contribution in [0.5, 0.6) is 5.75 Å². The summed E-state index contributed by atoms with van der Waals surface area (Å²) in [6.07, 6.45) is 0. The van der Waals surface area contributed by atoms with Gasteiger partial charge in [0.05, 0.1) is 18.8 Å². The van der Waals surface area contributed by atoms with E-state index in [0.717, 1.165) is 22.0 Å². The van der Waals surface area contributed by atoms with E-state index in [-0.39, 0.29) is 6.04 Å². The molecule has 1 atom stereocenters. The van der Waals surface area contributed by atoms with Crippen LogP contribution in [-0.4, -0.2) is 7.11 Å². The van der Waals surface area contributed by atoms with Gasteiger partial charge in [-0.05, 0) is 30.0 Å². The molecule has 0 bridgehead atoms. The van der Waals surface area contributed by atoms with E-state index in [0.29, 0.717) is 5.92 Å². The average molecular weight is 304 g/mol. The maximum atomic E-state index is 6.17. The van der Waals surface area contributed by atoms with Crippen molar-refractivity contribution in [2.75, 3.05) is 12.4 Å². The van der Waals surface area contributed by atoms with Crippen molar-refractivity contribution in [3.8, 4) is 5.75 Å². The number of nitrogens with one attached hydrogen (secondary N) is 1. The zero-order valence-electron chi connectivity index (χ0n) is 13.0. The van der Waals surface area contributed by atoms with Crippen molar-refractivity contribution in [1.29, 1.82) is 0 Å². The smallest absolute Gasteiger partial charge is 0.143 e. The number of hydrogen-bond donors (Lipinski definition) is 1. The number of anilines is 1. The van der Waals surface area contributed by atoms with Gasteiger partial charge >= 0.3 is 0 Å². The first-order valence-corrected chi connectivity index (χ1v) is 7.56. The van der Waals surface area contributed by atoms with Gasteiger partial charge in [0.25, 0.3) is 0 Å². The molecular weight excluding hydrogens is 282 g/mol. The molecule has 0 aliphatic heterocycles. The molecule has 2 aromatic carbocycles. The second-order valence-electron chi connectivity index (χ2n) is 5.58. The van der Waals surface area contributed by atoms with Crippen LogP contribution in [0.1, 0.15) is 31.0 Å². The number of benzene rings is 2. The van der Waals surface area contributed by atoms with Crippen LogP contribution in [0, 0.1) is 12.8 Å². The molecule has 0 heterocycles. The Morgan fingerprint density at radius 2 is 1.76 bits per heavy atom. The van der Waals surface area contributed by atoms with Crippen LogP contribution in [0.2, 0.25) is 5.02 Å². The van der Waals surface area contributed by atoms with Gasteiger partial charge in [-0.15, -0.1) is 0 Å². The summed E-state index contributed by atoms with van der Waals surface area (Å²) in [4.78, 5) is 0. The lowest BCUT2D eigenvalue weighted by atomic mass is 9.95. The lowest BCUT2D eigenvalue weighted by Gasteiger charge is -2.25. The van der Waals surface area contributed by atoms with Gasteiger partial charge < -0.3 is 10.1 Å². The standard InChI is InChI=1S/C18H22ClNO/c1-12(2)18(14-8-6-5-7-9-14)20-16-10-13(3)15(19)11-17(16)21-4/h5-12,18,20H,1-4H3. The van der Waals surface area contributed by atoms with Crippen molar-refractivity contribution in [2.45, 2.75) is 26.8 Å². The zero-order chi connectivity index (χ0) is 15.4. The lowest BCUT2D eigenvalue weighted by molar-refractivity contribution is 0.415. The topological polar surface area (TPSA) is 21.3 Å². The van der Waals surface area contributed by atoms with Crippen molar-refractivity contribution in [2.24, 2.45) is 5.92 Å². The first-order chi connectivity index (χ1) is 10.0. The third-order valence-corrected chi connectivity index (χ3v) is 4.02. The molecule has 2 nitrogen and oxygen atoms in total. The van der Waals surface area contributed by atoms with Gasteiger partial charge in [0.15, 0.2) is 0 Å². The van der Waals surface area contributed by atoms with Gasteiger partial charge in [-0.3, -0.25) is 0 Å². The molecule has 0 saturated heterocycles. The molecule has 0 saturated carbocycles. The monoisotopic (exact) mass is 303 g/mol. The molecule has 0 amide bonds. The molecule has 1 N–H and O–H groups in total. The predicted molar refractivity (Wildman–Crippen MR) is 90.4 cm³/mol. The molecule has 21 heavy (non-hydrogen) atoms. The molecule has 2 aromatic rings. The summed E-state index contributed by atoms with van der Waals surface area (Å²) < 4.78 is 5.45. The Kier molecular flexibility index (Phi) is 5.13. The number of halogens is 1. The highest BCUT2D eigenvalue weighted by Gasteiger charge is 2.17. The van der Waals surface area contributed by atoms with Crippen LogP contribution < -0.4 is 10.1 Å². The highest BCUT2D eigenvalue weighted by atomic mass is 35.5. The number of methoxy groups -OCH3 is 1. The van der Waals surface area contributed by atoms with Crippen LogP contribution in [0.15, 0.2) is 42.5 Å². The van der Waals surface area contributed by atoms with E-state index in [4.69, 9.17) is 16.3 Å². The molecule has 1 unspecified atom stereocenters. The normalized spacial score (nSPS) is 12.3. The first-order valence-electron chi connectivity index (χ1n) is 7.18. The summed E-state index contributed by atoms with van der Waals surface area (Å²) in [6.45, 7) is 6.42. The fourth-order valence-corrected chi connectivity index (χ4v) is 2.56. The van der Waals surface area contributed by atoms with E-state index >= 15 is 0 Å². The molecular formula is C18H22ClNO. The summed E-state index contributed by atoms with van der Waals surface area (Å²) in [5.74, 6) is 1.22. The fraction of sp³-hybridized carbons (Fsp3) is 0.333. The Morgan fingerprint density at radius 1 is 1.10 bits per heavy atom. The van der Waals surface area contributed by atoms with Crippen LogP contribution >= 0.6 is 11.6 Å². The summed E-state index contributed by atoms with van der Waals surface area (Å²) in [5, 5.41) is 4.32. The molecule has 0 fully saturated rings. The van der Waals surface area contributed by atoms with Gasteiger partial charge in [-0.1, -0.05) is 55.8 Å². The van der Waals surface area contributed by atoms with Crippen molar-refractivity contribution >= 4 is 17.3 Å². The summed E-state index contributed by atoms with van der Waals surface area (Å²) in [5.41, 5.74) is 3.28. The van der Waals surface area contributed by atoms with E-state index in [2.05, 4.69) is 43.4 Å². The van der Waals surface area contributed by atoms with Gasteiger partial charge in [-0.2, -0.15) is 0 Å². The molecule has 0 aromatic heterocycles. The Morgan fingerprint density at radius 3 is 2.33 bits per heavy atom. The van der Waals surface area contributed by atoms with E-state index in [9.17, 15) is 0 Å². The van der Waals surface area contributed by atoms with Crippen molar-refractivity contribution in [3.05, 3.63) is 58.6 Å². The van der Waals surface area contributed by atoms with Crippen LogP contribution in [0.4, 0.5) is 5.69 Å². The summed E-state index contributed by atoms with van der Waals surface area (Å²) in [7, 11) is 1.67. The molecule has 3 heteroatoms. The van der Waals surface area contributed by atoms with E-state index < -0.39 is 0 Å². The lowest BCUT2D eigenvalue weighted by Crippen LogP contribution is -2.17. The minimum atomic E-state index is 0.223. The van der Waals surface area contributed by atoms with Crippen molar-refractivity contribution in [1.82, 2.24) is 0 Å². The Hall–Kier alpha value is -1.67. The second-order valence-corrected chi connectivity index (χ2v) is 5.99. The number of ether oxygens (including phenoxy) is 1. The highest BCUT2D eigenvalue weighted by molar-refractivity contribution is 6.31. The highest BCUT2D eigenvalue weighted by Crippen LogP contribution is 2.35. The molecule has 0 aliphatic rings. The Labute approximate surface area is 132 Å². The van der Waals surface area contributed by atoms with Gasteiger partial charge in [0.2, 0.25) is 0 Å². The largest absolute Gasteiger partial charge is 0.495 e. The molecule has 0 radical (unpaired) electrons. The summed E-state index contributed by atoms with van der Waals surface area (Å²) in [6, 6.07) is 14.6. The van der Waals surface area contributed by atoms with E-state index in [1.807, 2.05) is 25.1 Å². The zero-order valence-corrected chi connectivity index (χ0v) is 13.7.